The van der Waals surface area contributed by atoms with Crippen molar-refractivity contribution in [3.8, 4) is 5.75 Å². The Bertz CT molecular complexity index is 550. The Hall–Kier alpha value is -1.51. The second kappa shape index (κ2) is 13.7. The van der Waals surface area contributed by atoms with Gasteiger partial charge in [-0.05, 0) is 31.9 Å². The quantitative estimate of drug-likeness (QED) is 0.300. The van der Waals surface area contributed by atoms with Crippen LogP contribution in [0.4, 0.5) is 0 Å². The van der Waals surface area contributed by atoms with Gasteiger partial charge in [-0.1, -0.05) is 19.1 Å². The van der Waals surface area contributed by atoms with Gasteiger partial charge in [-0.25, -0.2) is 0 Å². The zero-order valence-electron chi connectivity index (χ0n) is 15.6. The highest BCUT2D eigenvalue weighted by molar-refractivity contribution is 14.0. The number of nitrogens with one attached hydrogen (secondary N) is 3. The van der Waals surface area contributed by atoms with E-state index in [4.69, 9.17) is 4.74 Å². The number of aliphatic imine (C=N–C) groups is 1. The molecular formula is C18H31IN4O2. The molecule has 1 rings (SSSR count). The number of amides is 1. The van der Waals surface area contributed by atoms with Crippen molar-refractivity contribution < 1.29 is 9.53 Å². The van der Waals surface area contributed by atoms with Gasteiger partial charge in [-0.2, -0.15) is 0 Å². The summed E-state index contributed by atoms with van der Waals surface area (Å²) in [5, 5.41) is 9.25. The molecule has 6 nitrogen and oxygen atoms in total. The molecule has 0 aliphatic rings. The standard InChI is InChI=1S/C18H30N4O2.HI/c1-5-10-20-17(23)9-11-21-18(19-4)22-13-15-8-7-14(3)12-16(15)24-6-2;/h7-8,12H,5-6,9-11,13H2,1-4H3,(H,20,23)(H2,19,21,22);1H. The van der Waals surface area contributed by atoms with Crippen LogP contribution >= 0.6 is 24.0 Å². The molecule has 0 unspecified atom stereocenters. The van der Waals surface area contributed by atoms with Crippen LogP contribution in [0.25, 0.3) is 0 Å². The Balaban J connectivity index is 0.00000576. The van der Waals surface area contributed by atoms with E-state index in [2.05, 4.69) is 33.1 Å². The van der Waals surface area contributed by atoms with Crippen molar-refractivity contribution in [2.24, 2.45) is 4.99 Å². The molecule has 0 saturated carbocycles. The summed E-state index contributed by atoms with van der Waals surface area (Å²) in [7, 11) is 1.71. The van der Waals surface area contributed by atoms with Gasteiger partial charge < -0.3 is 20.7 Å². The van der Waals surface area contributed by atoms with Gasteiger partial charge in [-0.3, -0.25) is 9.79 Å². The monoisotopic (exact) mass is 462 g/mol. The number of hydrogen-bond donors (Lipinski definition) is 3. The molecule has 25 heavy (non-hydrogen) atoms. The highest BCUT2D eigenvalue weighted by Crippen LogP contribution is 2.20. The van der Waals surface area contributed by atoms with Gasteiger partial charge >= 0.3 is 0 Å². The first-order valence-corrected chi connectivity index (χ1v) is 8.54. The molecule has 1 aromatic rings. The molecular weight excluding hydrogens is 431 g/mol. The molecule has 7 heteroatoms. The van der Waals surface area contributed by atoms with Crippen LogP contribution < -0.4 is 20.7 Å². The SMILES string of the molecule is CCCNC(=O)CCNC(=NC)NCc1ccc(C)cc1OCC.I. The molecule has 1 amide bonds. The van der Waals surface area contributed by atoms with Crippen molar-refractivity contribution >= 4 is 35.8 Å². The normalized spacial score (nSPS) is 10.6. The number of carbonyl (C=O) groups excluding carboxylic acids is 1. The number of benzene rings is 1. The third kappa shape index (κ3) is 9.52. The maximum atomic E-state index is 11.6. The van der Waals surface area contributed by atoms with Gasteiger partial charge in [0.25, 0.3) is 0 Å². The first-order valence-electron chi connectivity index (χ1n) is 8.54. The van der Waals surface area contributed by atoms with Crippen molar-refractivity contribution in [3.05, 3.63) is 29.3 Å². The van der Waals surface area contributed by atoms with E-state index in [-0.39, 0.29) is 29.9 Å². The minimum absolute atomic E-state index is 0. The molecule has 0 spiro atoms. The summed E-state index contributed by atoms with van der Waals surface area (Å²) in [6.07, 6.45) is 1.37. The summed E-state index contributed by atoms with van der Waals surface area (Å²) in [5.74, 6) is 1.61. The summed E-state index contributed by atoms with van der Waals surface area (Å²) in [5.41, 5.74) is 2.24. The van der Waals surface area contributed by atoms with Gasteiger partial charge in [0.05, 0.1) is 6.61 Å². The Morgan fingerprint density at radius 3 is 2.56 bits per heavy atom. The molecule has 0 bridgehead atoms. The van der Waals surface area contributed by atoms with Crippen molar-refractivity contribution in [2.45, 2.75) is 40.2 Å². The number of nitrogens with zero attached hydrogens (tertiary/aromatic N) is 1. The van der Waals surface area contributed by atoms with Gasteiger partial charge in [0.2, 0.25) is 5.91 Å². The lowest BCUT2D eigenvalue weighted by molar-refractivity contribution is -0.120. The molecule has 0 aromatic heterocycles. The first-order chi connectivity index (χ1) is 11.6. The van der Waals surface area contributed by atoms with Gasteiger partial charge in [0.15, 0.2) is 5.96 Å². The lowest BCUT2D eigenvalue weighted by Gasteiger charge is -2.15. The van der Waals surface area contributed by atoms with Gasteiger partial charge in [0, 0.05) is 38.7 Å². The number of halogens is 1. The van der Waals surface area contributed by atoms with Crippen LogP contribution in [-0.4, -0.2) is 38.6 Å². The van der Waals surface area contributed by atoms with E-state index in [9.17, 15) is 4.79 Å². The molecule has 0 aliphatic heterocycles. The molecule has 3 N–H and O–H groups in total. The van der Waals surface area contributed by atoms with E-state index in [1.165, 1.54) is 5.56 Å². The number of rotatable bonds is 9. The van der Waals surface area contributed by atoms with Crippen molar-refractivity contribution in [2.75, 3.05) is 26.7 Å². The smallest absolute Gasteiger partial charge is 0.221 e. The summed E-state index contributed by atoms with van der Waals surface area (Å²) >= 11 is 0. The van der Waals surface area contributed by atoms with Gasteiger partial charge in [-0.15, -0.1) is 24.0 Å². The minimum atomic E-state index is 0. The molecule has 0 aliphatic carbocycles. The molecule has 0 saturated heterocycles. The fourth-order valence-electron chi connectivity index (χ4n) is 2.14. The Labute approximate surface area is 168 Å². The van der Waals surface area contributed by atoms with E-state index < -0.39 is 0 Å². The second-order valence-electron chi connectivity index (χ2n) is 5.50. The number of aryl methyl sites for hydroxylation is 1. The van der Waals surface area contributed by atoms with Crippen LogP contribution in [0.5, 0.6) is 5.75 Å². The predicted molar refractivity (Wildman–Crippen MR) is 114 cm³/mol. The van der Waals surface area contributed by atoms with Crippen LogP contribution in [0.2, 0.25) is 0 Å². The summed E-state index contributed by atoms with van der Waals surface area (Å²) in [6.45, 7) is 8.56. The zero-order chi connectivity index (χ0) is 17.8. The van der Waals surface area contributed by atoms with E-state index in [0.717, 1.165) is 24.3 Å². The molecule has 142 valence electrons. The highest BCUT2D eigenvalue weighted by atomic mass is 127. The Kier molecular flexibility index (Phi) is 12.9. The highest BCUT2D eigenvalue weighted by Gasteiger charge is 2.06. The molecule has 0 radical (unpaired) electrons. The Morgan fingerprint density at radius 1 is 1.16 bits per heavy atom. The predicted octanol–water partition coefficient (Wildman–Crippen LogP) is 2.59. The summed E-state index contributed by atoms with van der Waals surface area (Å²) in [4.78, 5) is 15.7. The fourth-order valence-corrected chi connectivity index (χ4v) is 2.14. The fraction of sp³-hybridized carbons (Fsp3) is 0.556. The van der Waals surface area contributed by atoms with E-state index >= 15 is 0 Å². The average Bonchev–Trinajstić information content (AvgIpc) is 2.57. The Morgan fingerprint density at radius 2 is 1.92 bits per heavy atom. The number of guanidine groups is 1. The largest absolute Gasteiger partial charge is 0.494 e. The van der Waals surface area contributed by atoms with Crippen LogP contribution in [0.1, 0.15) is 37.8 Å². The maximum Gasteiger partial charge on any atom is 0.221 e. The van der Waals surface area contributed by atoms with Crippen LogP contribution in [0, 0.1) is 6.92 Å². The minimum Gasteiger partial charge on any atom is -0.494 e. The van der Waals surface area contributed by atoms with E-state index in [0.29, 0.717) is 32.1 Å². The van der Waals surface area contributed by atoms with Crippen molar-refractivity contribution in [3.63, 3.8) is 0 Å². The third-order valence-corrected chi connectivity index (χ3v) is 3.41. The zero-order valence-corrected chi connectivity index (χ0v) is 18.0. The van der Waals surface area contributed by atoms with Crippen molar-refractivity contribution in [1.29, 1.82) is 0 Å². The van der Waals surface area contributed by atoms with E-state index in [1.807, 2.05) is 26.8 Å². The first kappa shape index (κ1) is 23.5. The molecule has 0 heterocycles. The van der Waals surface area contributed by atoms with Gasteiger partial charge in [0.1, 0.15) is 5.75 Å². The van der Waals surface area contributed by atoms with Crippen LogP contribution in [-0.2, 0) is 11.3 Å². The third-order valence-electron chi connectivity index (χ3n) is 3.41. The number of hydrogen-bond acceptors (Lipinski definition) is 3. The lowest BCUT2D eigenvalue weighted by atomic mass is 10.1. The topological polar surface area (TPSA) is 74.8 Å². The molecule has 0 fully saturated rings. The van der Waals surface area contributed by atoms with E-state index in [1.54, 1.807) is 7.05 Å². The maximum absolute atomic E-state index is 11.6. The summed E-state index contributed by atoms with van der Waals surface area (Å²) < 4.78 is 5.68. The van der Waals surface area contributed by atoms with Crippen molar-refractivity contribution in [1.82, 2.24) is 16.0 Å². The molecule has 1 aromatic carbocycles. The number of carbonyl (C=O) groups is 1. The number of ether oxygens (including phenoxy) is 1. The molecule has 0 atom stereocenters. The lowest BCUT2D eigenvalue weighted by Crippen LogP contribution is -2.39. The van der Waals surface area contributed by atoms with Crippen LogP contribution in [0.3, 0.4) is 0 Å². The average molecular weight is 462 g/mol. The second-order valence-corrected chi connectivity index (χ2v) is 5.50. The van der Waals surface area contributed by atoms with Crippen LogP contribution in [0.15, 0.2) is 23.2 Å². The summed E-state index contributed by atoms with van der Waals surface area (Å²) in [6, 6.07) is 6.15.